The highest BCUT2D eigenvalue weighted by atomic mass is 32.1. The number of carbonyl (C=O) groups is 5. The SMILES string of the molecule is C=O.C=O.CNc1nccs1.Cc1ccc(NC(=O)C(CCc2ccccc2)NC(=O)C(N)CC(=O)N(CCN)CCN)cc1. The summed E-state index contributed by atoms with van der Waals surface area (Å²) in [4.78, 5) is 59.8. The Balaban J connectivity index is 0.00000150. The molecular weight excluding hydrogens is 596 g/mol. The van der Waals surface area contributed by atoms with Gasteiger partial charge in [-0.15, -0.1) is 11.3 Å². The van der Waals surface area contributed by atoms with E-state index < -0.39 is 18.0 Å². The number of hydrogen-bond acceptors (Lipinski definition) is 11. The lowest BCUT2D eigenvalue weighted by Crippen LogP contribution is -2.52. The lowest BCUT2D eigenvalue weighted by atomic mass is 10.0. The van der Waals surface area contributed by atoms with Gasteiger partial charge in [-0.3, -0.25) is 14.4 Å². The standard InChI is InChI=1S/C25H36N6O3.C4H6N2S.2CH2O/c1-18-7-10-20(11-8-18)29-25(34)22(12-9-19-5-3-2-4-6-19)30-24(33)21(28)17-23(32)31(15-13-26)16-14-27;1-5-4-6-2-3-7-4;2*1-2/h2-8,10-11,21-22H,9,12-17,26-28H2,1H3,(H,29,34)(H,30,33);2-3H,1H3,(H,5,6);2*1H2. The van der Waals surface area contributed by atoms with Crippen LogP contribution < -0.4 is 33.2 Å². The first-order valence-electron chi connectivity index (χ1n) is 14.1. The molecular formula is C31H46N8O5S. The van der Waals surface area contributed by atoms with Crippen LogP contribution in [0, 0.1) is 6.92 Å². The number of amides is 3. The van der Waals surface area contributed by atoms with Crippen LogP contribution in [0.25, 0.3) is 0 Å². The van der Waals surface area contributed by atoms with Gasteiger partial charge < -0.3 is 47.6 Å². The first kappa shape index (κ1) is 40.5. The smallest absolute Gasteiger partial charge is 0.246 e. The second kappa shape index (κ2) is 24.9. The normalized spacial score (nSPS) is 11.0. The van der Waals surface area contributed by atoms with Crippen LogP contribution in [-0.2, 0) is 30.4 Å². The van der Waals surface area contributed by atoms with E-state index in [0.717, 1.165) is 16.3 Å². The van der Waals surface area contributed by atoms with E-state index >= 15 is 0 Å². The van der Waals surface area contributed by atoms with Crippen LogP contribution in [0.2, 0.25) is 0 Å². The highest BCUT2D eigenvalue weighted by molar-refractivity contribution is 7.13. The molecule has 3 rings (SSSR count). The second-order valence-corrected chi connectivity index (χ2v) is 10.2. The van der Waals surface area contributed by atoms with Gasteiger partial charge in [0.15, 0.2) is 5.13 Å². The molecule has 0 spiro atoms. The zero-order chi connectivity index (χ0) is 34.0. The predicted molar refractivity (Wildman–Crippen MR) is 180 cm³/mol. The maximum atomic E-state index is 13.0. The molecule has 1 aromatic heterocycles. The van der Waals surface area contributed by atoms with Crippen molar-refractivity contribution in [3.8, 4) is 0 Å². The summed E-state index contributed by atoms with van der Waals surface area (Å²) in [6, 6.07) is 15.2. The van der Waals surface area contributed by atoms with Crippen molar-refractivity contribution in [2.75, 3.05) is 43.9 Å². The molecule has 9 N–H and O–H groups in total. The van der Waals surface area contributed by atoms with Crippen molar-refractivity contribution in [1.29, 1.82) is 0 Å². The van der Waals surface area contributed by atoms with Gasteiger partial charge in [0.25, 0.3) is 0 Å². The van der Waals surface area contributed by atoms with Crippen molar-refractivity contribution in [3.63, 3.8) is 0 Å². The van der Waals surface area contributed by atoms with Gasteiger partial charge in [0.2, 0.25) is 17.7 Å². The van der Waals surface area contributed by atoms with Gasteiger partial charge in [-0.05, 0) is 37.5 Å². The maximum absolute atomic E-state index is 13.0. The van der Waals surface area contributed by atoms with E-state index in [1.807, 2.05) is 75.4 Å². The topological polar surface area (TPSA) is 216 Å². The number of hydrogen-bond donors (Lipinski definition) is 6. The van der Waals surface area contributed by atoms with E-state index in [9.17, 15) is 14.4 Å². The number of thiazole rings is 1. The lowest BCUT2D eigenvalue weighted by molar-refractivity contribution is -0.134. The number of aromatic nitrogens is 1. The number of aryl methyl sites for hydroxylation is 2. The van der Waals surface area contributed by atoms with Crippen LogP contribution in [0.3, 0.4) is 0 Å². The van der Waals surface area contributed by atoms with Gasteiger partial charge in [-0.2, -0.15) is 0 Å². The molecule has 1 heterocycles. The Hall–Kier alpha value is -4.50. The molecule has 0 saturated carbocycles. The van der Waals surface area contributed by atoms with E-state index in [-0.39, 0.29) is 31.3 Å². The molecule has 246 valence electrons. The van der Waals surface area contributed by atoms with Crippen LogP contribution in [0.4, 0.5) is 10.8 Å². The molecule has 0 saturated heterocycles. The highest BCUT2D eigenvalue weighted by Crippen LogP contribution is 2.12. The molecule has 45 heavy (non-hydrogen) atoms. The van der Waals surface area contributed by atoms with E-state index in [0.29, 0.717) is 31.6 Å². The predicted octanol–water partition coefficient (Wildman–Crippen LogP) is 1.33. The van der Waals surface area contributed by atoms with Gasteiger partial charge in [0.1, 0.15) is 19.6 Å². The number of anilines is 2. The quantitative estimate of drug-likeness (QED) is 0.148. The van der Waals surface area contributed by atoms with E-state index in [2.05, 4.69) is 20.9 Å². The summed E-state index contributed by atoms with van der Waals surface area (Å²) < 4.78 is 0. The number of rotatable bonds is 14. The maximum Gasteiger partial charge on any atom is 0.246 e. The first-order chi connectivity index (χ1) is 21.8. The van der Waals surface area contributed by atoms with E-state index in [4.69, 9.17) is 26.8 Å². The fourth-order valence-electron chi connectivity index (χ4n) is 3.80. The molecule has 0 aliphatic rings. The second-order valence-electron chi connectivity index (χ2n) is 9.30. The third-order valence-electron chi connectivity index (χ3n) is 6.04. The Morgan fingerprint density at radius 2 is 1.53 bits per heavy atom. The minimum absolute atomic E-state index is 0.198. The van der Waals surface area contributed by atoms with Gasteiger partial charge in [-0.25, -0.2) is 4.98 Å². The molecule has 13 nitrogen and oxygen atoms in total. The molecule has 2 unspecified atom stereocenters. The Morgan fingerprint density at radius 1 is 0.933 bits per heavy atom. The summed E-state index contributed by atoms with van der Waals surface area (Å²) in [6.07, 6.45) is 2.54. The van der Waals surface area contributed by atoms with E-state index in [1.165, 1.54) is 4.90 Å². The number of nitrogens with zero attached hydrogens (tertiary/aromatic N) is 2. The molecule has 0 radical (unpaired) electrons. The van der Waals surface area contributed by atoms with Gasteiger partial charge in [0.05, 0.1) is 12.5 Å². The zero-order valence-electron chi connectivity index (χ0n) is 25.9. The Morgan fingerprint density at radius 3 is 2.02 bits per heavy atom. The van der Waals surface area contributed by atoms with Crippen molar-refractivity contribution in [2.45, 2.75) is 38.3 Å². The molecule has 0 fully saturated rings. The van der Waals surface area contributed by atoms with Gasteiger partial charge in [0, 0.05) is 50.5 Å². The van der Waals surface area contributed by atoms with Crippen molar-refractivity contribution in [3.05, 3.63) is 77.3 Å². The molecule has 2 aromatic carbocycles. The minimum atomic E-state index is -1.10. The molecule has 14 heteroatoms. The van der Waals surface area contributed by atoms with Gasteiger partial charge in [-0.1, -0.05) is 48.0 Å². The minimum Gasteiger partial charge on any atom is -0.365 e. The van der Waals surface area contributed by atoms with Crippen molar-refractivity contribution in [2.24, 2.45) is 17.2 Å². The fourth-order valence-corrected chi connectivity index (χ4v) is 4.29. The number of nitrogens with one attached hydrogen (secondary N) is 3. The Bertz CT molecular complexity index is 1210. The van der Waals surface area contributed by atoms with Crippen LogP contribution in [0.15, 0.2) is 66.2 Å². The molecule has 2 atom stereocenters. The third-order valence-corrected chi connectivity index (χ3v) is 6.84. The summed E-state index contributed by atoms with van der Waals surface area (Å²) in [6.45, 7) is 7.20. The Kier molecular flexibility index (Phi) is 22.4. The number of benzene rings is 2. The fraction of sp³-hybridized carbons (Fsp3) is 0.355. The Labute approximate surface area is 268 Å². The summed E-state index contributed by atoms with van der Waals surface area (Å²) >= 11 is 1.60. The number of carbonyl (C=O) groups excluding carboxylic acids is 5. The molecule has 0 aliphatic heterocycles. The largest absolute Gasteiger partial charge is 0.365 e. The van der Waals surface area contributed by atoms with Crippen molar-refractivity contribution >= 4 is 53.5 Å². The van der Waals surface area contributed by atoms with Crippen molar-refractivity contribution < 1.29 is 24.0 Å². The molecule has 0 aliphatic carbocycles. The first-order valence-corrected chi connectivity index (χ1v) is 15.0. The van der Waals surface area contributed by atoms with Crippen LogP contribution in [0.1, 0.15) is 24.0 Å². The highest BCUT2D eigenvalue weighted by Gasteiger charge is 2.26. The lowest BCUT2D eigenvalue weighted by Gasteiger charge is -2.24. The third kappa shape index (κ3) is 16.8. The zero-order valence-corrected chi connectivity index (χ0v) is 26.8. The summed E-state index contributed by atoms with van der Waals surface area (Å²) in [5.41, 5.74) is 19.9. The van der Waals surface area contributed by atoms with E-state index in [1.54, 1.807) is 29.7 Å². The molecule has 3 aromatic rings. The monoisotopic (exact) mass is 642 g/mol. The van der Waals surface area contributed by atoms with Crippen LogP contribution in [0.5, 0.6) is 0 Å². The van der Waals surface area contributed by atoms with Crippen molar-refractivity contribution in [1.82, 2.24) is 15.2 Å². The van der Waals surface area contributed by atoms with Gasteiger partial charge >= 0.3 is 0 Å². The summed E-state index contributed by atoms with van der Waals surface area (Å²) in [7, 11) is 1.86. The average Bonchev–Trinajstić information content (AvgIpc) is 3.61. The molecule has 3 amide bonds. The van der Waals surface area contributed by atoms with Crippen LogP contribution in [-0.4, -0.2) is 86.5 Å². The molecule has 0 bridgehead atoms. The average molecular weight is 643 g/mol. The summed E-state index contributed by atoms with van der Waals surface area (Å²) in [5, 5.41) is 11.4. The number of nitrogens with two attached hydrogens (primary N) is 3. The summed E-state index contributed by atoms with van der Waals surface area (Å²) in [5.74, 6) is -1.21. The van der Waals surface area contributed by atoms with Crippen LogP contribution >= 0.6 is 11.3 Å².